The van der Waals surface area contributed by atoms with Gasteiger partial charge in [-0.15, -0.1) is 0 Å². The van der Waals surface area contributed by atoms with Crippen molar-refractivity contribution in [1.82, 2.24) is 0 Å². The molecule has 6 aliphatic rings. The van der Waals surface area contributed by atoms with Gasteiger partial charge in [-0.3, -0.25) is 4.99 Å². The van der Waals surface area contributed by atoms with Gasteiger partial charge in [-0.2, -0.15) is 0 Å². The fourth-order valence-corrected chi connectivity index (χ4v) is 6.83. The highest BCUT2D eigenvalue weighted by Crippen LogP contribution is 2.71. The van der Waals surface area contributed by atoms with Crippen LogP contribution in [-0.4, -0.2) is 31.6 Å². The molecule has 0 radical (unpaired) electrons. The number of ether oxygens (including phenoxy) is 2. The summed E-state index contributed by atoms with van der Waals surface area (Å²) in [4.78, 5) is 5.04. The molecule has 2 spiro atoms. The molecule has 114 valence electrons. The van der Waals surface area contributed by atoms with Crippen molar-refractivity contribution in [1.29, 1.82) is 0 Å². The first-order chi connectivity index (χ1) is 10.8. The topological polar surface area (TPSA) is 30.8 Å². The third kappa shape index (κ3) is 0.989. The van der Waals surface area contributed by atoms with E-state index in [4.69, 9.17) is 14.5 Å². The molecule has 3 heteroatoms. The molecular formula is C19H21NO2. The highest BCUT2D eigenvalue weighted by atomic mass is 16.5. The van der Waals surface area contributed by atoms with Crippen molar-refractivity contribution < 1.29 is 9.47 Å². The number of aliphatic imine (C=N–C) groups is 1. The zero-order valence-electron chi connectivity index (χ0n) is 13.0. The molecule has 0 aromatic heterocycles. The predicted octanol–water partition coefficient (Wildman–Crippen LogP) is 2.90. The molecule has 0 saturated heterocycles. The molecule has 3 unspecified atom stereocenters. The van der Waals surface area contributed by atoms with Gasteiger partial charge in [0.15, 0.2) is 0 Å². The lowest BCUT2D eigenvalue weighted by Gasteiger charge is -2.66. The van der Waals surface area contributed by atoms with Gasteiger partial charge in [0.25, 0.3) is 0 Å². The van der Waals surface area contributed by atoms with Crippen LogP contribution in [0.2, 0.25) is 0 Å². The molecule has 4 aliphatic carbocycles. The molecule has 0 N–H and O–H groups in total. The van der Waals surface area contributed by atoms with Gasteiger partial charge in [0.05, 0.1) is 18.1 Å². The largest absolute Gasteiger partial charge is 0.489 e. The Kier molecular flexibility index (Phi) is 1.98. The first-order valence-electron chi connectivity index (χ1n) is 8.67. The van der Waals surface area contributed by atoms with E-state index >= 15 is 0 Å². The van der Waals surface area contributed by atoms with E-state index < -0.39 is 0 Å². The first kappa shape index (κ1) is 12.1. The number of methoxy groups -OCH3 is 1. The van der Waals surface area contributed by atoms with E-state index in [1.807, 2.05) is 7.11 Å². The zero-order chi connectivity index (χ0) is 14.5. The maximum Gasteiger partial charge on any atom is 0.124 e. The van der Waals surface area contributed by atoms with Crippen LogP contribution in [0.5, 0.6) is 5.75 Å². The SMILES string of the molecule is COC1CN=C2Cc3cccc4c3C13C(O4)C1CCC23CC1. The van der Waals surface area contributed by atoms with Crippen LogP contribution in [0, 0.1) is 11.3 Å². The number of fused-ring (bicyclic) bond motifs is 2. The van der Waals surface area contributed by atoms with E-state index in [0.29, 0.717) is 12.0 Å². The summed E-state index contributed by atoms with van der Waals surface area (Å²) in [5.41, 5.74) is 4.66. The van der Waals surface area contributed by atoms with E-state index in [-0.39, 0.29) is 16.9 Å². The highest BCUT2D eigenvalue weighted by molar-refractivity contribution is 5.98. The van der Waals surface area contributed by atoms with Crippen molar-refractivity contribution in [3.63, 3.8) is 0 Å². The van der Waals surface area contributed by atoms with E-state index in [9.17, 15) is 0 Å². The van der Waals surface area contributed by atoms with Gasteiger partial charge in [-0.05, 0) is 43.2 Å². The number of hydrogen-bond acceptors (Lipinski definition) is 3. The van der Waals surface area contributed by atoms with Crippen molar-refractivity contribution in [3.05, 3.63) is 29.3 Å². The van der Waals surface area contributed by atoms with Crippen molar-refractivity contribution in [2.24, 2.45) is 16.3 Å². The summed E-state index contributed by atoms with van der Waals surface area (Å²) >= 11 is 0. The maximum absolute atomic E-state index is 6.60. The van der Waals surface area contributed by atoms with Crippen LogP contribution in [0.3, 0.4) is 0 Å². The second kappa shape index (κ2) is 3.59. The van der Waals surface area contributed by atoms with Crippen molar-refractivity contribution in [2.75, 3.05) is 13.7 Å². The van der Waals surface area contributed by atoms with Gasteiger partial charge in [0.2, 0.25) is 0 Å². The van der Waals surface area contributed by atoms with Gasteiger partial charge in [0.1, 0.15) is 11.9 Å². The summed E-state index contributed by atoms with van der Waals surface area (Å²) in [6.45, 7) is 0.813. The Morgan fingerprint density at radius 1 is 1.27 bits per heavy atom. The molecule has 0 amide bonds. The summed E-state index contributed by atoms with van der Waals surface area (Å²) in [5.74, 6) is 1.83. The fourth-order valence-electron chi connectivity index (χ4n) is 6.83. The van der Waals surface area contributed by atoms with Gasteiger partial charge < -0.3 is 9.47 Å². The first-order valence-corrected chi connectivity index (χ1v) is 8.67. The molecule has 1 aromatic rings. The normalized spacial score (nSPS) is 46.0. The van der Waals surface area contributed by atoms with Crippen LogP contribution in [0.1, 0.15) is 36.8 Å². The minimum atomic E-state index is 0.0458. The number of nitrogens with zero attached hydrogens (tertiary/aromatic N) is 1. The standard InChI is InChI=1S/C19H21NO2/c1-21-15-10-20-14-9-12-3-2-4-13-16(12)19(15)17(22-13)11-5-7-18(14,19)8-6-11/h2-4,11,15,17H,5-10H2,1H3. The minimum Gasteiger partial charge on any atom is -0.489 e. The minimum absolute atomic E-state index is 0.0458. The van der Waals surface area contributed by atoms with Crippen LogP contribution in [-0.2, 0) is 16.6 Å². The smallest absolute Gasteiger partial charge is 0.124 e. The summed E-state index contributed by atoms with van der Waals surface area (Å²) in [6, 6.07) is 6.62. The Hall–Kier alpha value is -1.35. The highest BCUT2D eigenvalue weighted by Gasteiger charge is 2.75. The average Bonchev–Trinajstić information content (AvgIpc) is 2.92. The van der Waals surface area contributed by atoms with E-state index in [2.05, 4.69) is 18.2 Å². The molecule has 4 bridgehead atoms. The molecule has 1 aromatic carbocycles. The monoisotopic (exact) mass is 295 g/mol. The molecule has 2 aliphatic heterocycles. The molecule has 22 heavy (non-hydrogen) atoms. The maximum atomic E-state index is 6.60. The summed E-state index contributed by atoms with van der Waals surface area (Å²) in [5, 5.41) is 0. The fraction of sp³-hybridized carbons (Fsp3) is 0.632. The number of rotatable bonds is 1. The molecule has 3 atom stereocenters. The number of hydrogen-bond donors (Lipinski definition) is 0. The Balaban J connectivity index is 1.77. The third-order valence-electron chi connectivity index (χ3n) is 7.48. The van der Waals surface area contributed by atoms with Crippen LogP contribution in [0.15, 0.2) is 23.2 Å². The van der Waals surface area contributed by atoms with Crippen LogP contribution >= 0.6 is 0 Å². The summed E-state index contributed by atoms with van der Waals surface area (Å²) in [6.07, 6.45) is 6.67. The van der Waals surface area contributed by atoms with Crippen LogP contribution in [0.4, 0.5) is 0 Å². The molecule has 2 heterocycles. The number of benzene rings is 1. The molecule has 3 saturated carbocycles. The van der Waals surface area contributed by atoms with Crippen molar-refractivity contribution >= 4 is 5.71 Å². The van der Waals surface area contributed by atoms with Crippen molar-refractivity contribution in [2.45, 2.75) is 49.7 Å². The zero-order valence-corrected chi connectivity index (χ0v) is 13.0. The van der Waals surface area contributed by atoms with Crippen LogP contribution in [0.25, 0.3) is 0 Å². The van der Waals surface area contributed by atoms with Crippen LogP contribution < -0.4 is 4.74 Å². The molecule has 7 rings (SSSR count). The lowest BCUT2D eigenvalue weighted by atomic mass is 9.38. The van der Waals surface area contributed by atoms with Gasteiger partial charge in [0, 0.05) is 30.2 Å². The summed E-state index contributed by atoms with van der Waals surface area (Å²) in [7, 11) is 1.87. The Morgan fingerprint density at radius 2 is 2.14 bits per heavy atom. The molecule has 3 nitrogen and oxygen atoms in total. The van der Waals surface area contributed by atoms with E-state index in [1.54, 1.807) is 0 Å². The average molecular weight is 295 g/mol. The molecular weight excluding hydrogens is 274 g/mol. The third-order valence-corrected chi connectivity index (χ3v) is 7.48. The van der Waals surface area contributed by atoms with Gasteiger partial charge >= 0.3 is 0 Å². The second-order valence-corrected chi connectivity index (χ2v) is 7.81. The van der Waals surface area contributed by atoms with Crippen molar-refractivity contribution in [3.8, 4) is 5.75 Å². The Bertz CT molecular complexity index is 716. The lowest BCUT2D eigenvalue weighted by Crippen LogP contribution is -2.73. The predicted molar refractivity (Wildman–Crippen MR) is 83.7 cm³/mol. The summed E-state index contributed by atoms with van der Waals surface area (Å²) < 4.78 is 12.7. The molecule has 3 fully saturated rings. The van der Waals surface area contributed by atoms with Gasteiger partial charge in [-0.1, -0.05) is 12.1 Å². The van der Waals surface area contributed by atoms with E-state index in [0.717, 1.165) is 18.7 Å². The van der Waals surface area contributed by atoms with E-state index in [1.165, 1.54) is 42.5 Å². The quantitative estimate of drug-likeness (QED) is 0.797. The van der Waals surface area contributed by atoms with Gasteiger partial charge in [-0.25, -0.2) is 0 Å². The second-order valence-electron chi connectivity index (χ2n) is 7.81. The Labute approximate surface area is 130 Å². The lowest BCUT2D eigenvalue weighted by molar-refractivity contribution is -0.138. The Morgan fingerprint density at radius 3 is 2.95 bits per heavy atom.